The van der Waals surface area contributed by atoms with Crippen LogP contribution in [0.2, 0.25) is 0 Å². The van der Waals surface area contributed by atoms with E-state index in [1.165, 1.54) is 11.1 Å². The fourth-order valence-electron chi connectivity index (χ4n) is 3.86. The molecule has 3 heterocycles. The Morgan fingerprint density at radius 1 is 1.07 bits per heavy atom. The number of likely N-dealkylation sites (tertiary alicyclic amines) is 1. The van der Waals surface area contributed by atoms with Crippen molar-refractivity contribution in [3.05, 3.63) is 65.2 Å². The van der Waals surface area contributed by atoms with Gasteiger partial charge >= 0.3 is 0 Å². The van der Waals surface area contributed by atoms with E-state index in [9.17, 15) is 0 Å². The number of benzene rings is 1. The molecular formula is C22H28N6. The number of nitrogens with one attached hydrogen (secondary N) is 1. The molecule has 0 bridgehead atoms. The van der Waals surface area contributed by atoms with Gasteiger partial charge in [0.2, 0.25) is 0 Å². The van der Waals surface area contributed by atoms with E-state index in [0.29, 0.717) is 6.04 Å². The Balaban J connectivity index is 1.36. The first-order valence-electron chi connectivity index (χ1n) is 9.97. The van der Waals surface area contributed by atoms with E-state index in [2.05, 4.69) is 51.5 Å². The number of hydrogen-bond acceptors (Lipinski definition) is 5. The molecule has 2 aromatic heterocycles. The molecule has 0 unspecified atom stereocenters. The average molecular weight is 377 g/mol. The lowest BCUT2D eigenvalue weighted by atomic mass is 10.0. The molecule has 0 spiro atoms. The van der Waals surface area contributed by atoms with Gasteiger partial charge in [0.1, 0.15) is 5.82 Å². The molecule has 3 aromatic rings. The van der Waals surface area contributed by atoms with E-state index < -0.39 is 0 Å². The van der Waals surface area contributed by atoms with Gasteiger partial charge in [-0.3, -0.25) is 9.88 Å². The van der Waals surface area contributed by atoms with Crippen molar-refractivity contribution in [2.24, 2.45) is 0 Å². The maximum absolute atomic E-state index is 4.72. The quantitative estimate of drug-likeness (QED) is 0.736. The molecule has 0 saturated carbocycles. The molecule has 1 aliphatic rings. The van der Waals surface area contributed by atoms with Crippen molar-refractivity contribution < 1.29 is 0 Å². The molecule has 1 saturated heterocycles. The molecule has 6 nitrogen and oxygen atoms in total. The van der Waals surface area contributed by atoms with Gasteiger partial charge in [0.25, 0.3) is 0 Å². The molecule has 1 aliphatic heterocycles. The number of rotatable bonds is 5. The zero-order valence-corrected chi connectivity index (χ0v) is 16.9. The smallest absolute Gasteiger partial charge is 0.174 e. The molecule has 0 radical (unpaired) electrons. The Hall–Kier alpha value is -2.73. The predicted molar refractivity (Wildman–Crippen MR) is 112 cm³/mol. The molecule has 28 heavy (non-hydrogen) atoms. The highest BCUT2D eigenvalue weighted by Crippen LogP contribution is 2.19. The molecule has 0 aliphatic carbocycles. The second-order valence-corrected chi connectivity index (χ2v) is 7.72. The maximum atomic E-state index is 4.72. The van der Waals surface area contributed by atoms with E-state index in [4.69, 9.17) is 4.98 Å². The summed E-state index contributed by atoms with van der Waals surface area (Å²) in [7, 11) is 0. The van der Waals surface area contributed by atoms with Crippen LogP contribution in [-0.4, -0.2) is 43.8 Å². The first-order valence-corrected chi connectivity index (χ1v) is 9.97. The normalized spacial score (nSPS) is 15.7. The lowest BCUT2D eigenvalue weighted by molar-refractivity contribution is 0.211. The maximum Gasteiger partial charge on any atom is 0.174 e. The van der Waals surface area contributed by atoms with Crippen molar-refractivity contribution in [3.8, 4) is 5.82 Å². The molecule has 1 N–H and O–H groups in total. The molecule has 0 amide bonds. The van der Waals surface area contributed by atoms with Crippen LogP contribution in [0.5, 0.6) is 0 Å². The van der Waals surface area contributed by atoms with Crippen molar-refractivity contribution in [3.63, 3.8) is 0 Å². The summed E-state index contributed by atoms with van der Waals surface area (Å²) in [5.74, 6) is 1.58. The van der Waals surface area contributed by atoms with Crippen LogP contribution in [0.4, 0.5) is 5.82 Å². The molecule has 4 rings (SSSR count). The summed E-state index contributed by atoms with van der Waals surface area (Å²) >= 11 is 0. The monoisotopic (exact) mass is 376 g/mol. The van der Waals surface area contributed by atoms with Crippen LogP contribution in [-0.2, 0) is 6.54 Å². The Kier molecular flexibility index (Phi) is 5.39. The molecule has 6 heteroatoms. The number of aryl methyl sites for hydroxylation is 3. The van der Waals surface area contributed by atoms with Gasteiger partial charge in [0.15, 0.2) is 5.82 Å². The van der Waals surface area contributed by atoms with Crippen molar-refractivity contribution in [1.82, 2.24) is 24.6 Å². The van der Waals surface area contributed by atoms with E-state index in [0.717, 1.165) is 55.5 Å². The highest BCUT2D eigenvalue weighted by atomic mass is 15.3. The Morgan fingerprint density at radius 3 is 2.57 bits per heavy atom. The highest BCUT2D eigenvalue weighted by Gasteiger charge is 2.20. The lowest BCUT2D eigenvalue weighted by Gasteiger charge is -2.32. The van der Waals surface area contributed by atoms with Crippen LogP contribution in [0.1, 0.15) is 35.4 Å². The van der Waals surface area contributed by atoms with E-state index in [1.54, 1.807) is 12.4 Å². The number of hydrogen-bond donors (Lipinski definition) is 1. The van der Waals surface area contributed by atoms with Gasteiger partial charge in [-0.2, -0.15) is 5.10 Å². The van der Waals surface area contributed by atoms with Crippen LogP contribution in [0.25, 0.3) is 5.82 Å². The van der Waals surface area contributed by atoms with Crippen LogP contribution in [0.15, 0.2) is 42.7 Å². The van der Waals surface area contributed by atoms with Gasteiger partial charge in [-0.05, 0) is 50.8 Å². The first kappa shape index (κ1) is 18.6. The number of anilines is 1. The minimum absolute atomic E-state index is 0.429. The molecular weight excluding hydrogens is 348 g/mol. The van der Waals surface area contributed by atoms with Gasteiger partial charge in [-0.15, -0.1) is 0 Å². The van der Waals surface area contributed by atoms with Gasteiger partial charge in [-0.25, -0.2) is 9.67 Å². The van der Waals surface area contributed by atoms with Crippen LogP contribution in [0.3, 0.4) is 0 Å². The highest BCUT2D eigenvalue weighted by molar-refractivity contribution is 5.37. The van der Waals surface area contributed by atoms with Crippen molar-refractivity contribution in [1.29, 1.82) is 0 Å². The summed E-state index contributed by atoms with van der Waals surface area (Å²) in [5.41, 5.74) is 4.85. The minimum Gasteiger partial charge on any atom is -0.366 e. The van der Waals surface area contributed by atoms with Gasteiger partial charge in [0, 0.05) is 31.4 Å². The first-order chi connectivity index (χ1) is 13.6. The zero-order valence-electron chi connectivity index (χ0n) is 16.9. The third-order valence-corrected chi connectivity index (χ3v) is 5.44. The summed E-state index contributed by atoms with van der Waals surface area (Å²) in [6.07, 6.45) is 5.78. The van der Waals surface area contributed by atoms with Crippen molar-refractivity contribution in [2.45, 2.75) is 46.2 Å². The van der Waals surface area contributed by atoms with Crippen molar-refractivity contribution >= 4 is 5.82 Å². The molecule has 1 fully saturated rings. The van der Waals surface area contributed by atoms with Crippen LogP contribution >= 0.6 is 0 Å². The summed E-state index contributed by atoms with van der Waals surface area (Å²) in [6, 6.07) is 11.1. The largest absolute Gasteiger partial charge is 0.366 e. The number of aromatic nitrogens is 4. The molecule has 0 atom stereocenters. The SMILES string of the molecule is Cc1cc(C)n(-c2cncc(NC3CCN(Cc4ccccc4C)CC3)n2)n1. The zero-order chi connectivity index (χ0) is 19.5. The fourth-order valence-corrected chi connectivity index (χ4v) is 3.86. The second-order valence-electron chi connectivity index (χ2n) is 7.72. The summed E-state index contributed by atoms with van der Waals surface area (Å²) in [5, 5.41) is 8.08. The van der Waals surface area contributed by atoms with Crippen LogP contribution < -0.4 is 5.32 Å². The lowest BCUT2D eigenvalue weighted by Crippen LogP contribution is -2.39. The third kappa shape index (κ3) is 4.22. The number of nitrogens with zero attached hydrogens (tertiary/aromatic N) is 5. The van der Waals surface area contributed by atoms with Gasteiger partial charge in [0.05, 0.1) is 18.1 Å². The standard InChI is InChI=1S/C22H28N6/c1-16-6-4-5-7-19(16)15-27-10-8-20(9-11-27)24-21-13-23-14-22(25-21)28-18(3)12-17(2)26-28/h4-7,12-14,20H,8-11,15H2,1-3H3,(H,24,25). The van der Waals surface area contributed by atoms with E-state index >= 15 is 0 Å². The summed E-state index contributed by atoms with van der Waals surface area (Å²) in [4.78, 5) is 11.6. The van der Waals surface area contributed by atoms with Crippen LogP contribution in [0, 0.1) is 20.8 Å². The topological polar surface area (TPSA) is 58.9 Å². The predicted octanol–water partition coefficient (Wildman–Crippen LogP) is 3.66. The molecule has 1 aromatic carbocycles. The number of piperidine rings is 1. The second kappa shape index (κ2) is 8.10. The molecule has 146 valence electrons. The van der Waals surface area contributed by atoms with Crippen molar-refractivity contribution in [2.75, 3.05) is 18.4 Å². The van der Waals surface area contributed by atoms with Gasteiger partial charge in [-0.1, -0.05) is 24.3 Å². The summed E-state index contributed by atoms with van der Waals surface area (Å²) < 4.78 is 1.85. The fraction of sp³-hybridized carbons (Fsp3) is 0.409. The minimum atomic E-state index is 0.429. The Labute approximate surface area is 166 Å². The Bertz CT molecular complexity index is 940. The third-order valence-electron chi connectivity index (χ3n) is 5.44. The van der Waals surface area contributed by atoms with Gasteiger partial charge < -0.3 is 5.32 Å². The Morgan fingerprint density at radius 2 is 1.86 bits per heavy atom. The van der Waals surface area contributed by atoms with E-state index in [-0.39, 0.29) is 0 Å². The summed E-state index contributed by atoms with van der Waals surface area (Å²) in [6.45, 7) is 9.44. The van der Waals surface area contributed by atoms with E-state index in [1.807, 2.05) is 24.6 Å². The average Bonchev–Trinajstić information content (AvgIpc) is 3.03.